The van der Waals surface area contributed by atoms with Crippen LogP contribution in [-0.2, 0) is 6.54 Å². The molecule has 0 bridgehead atoms. The zero-order valence-electron chi connectivity index (χ0n) is 9.36. The molecule has 0 amide bonds. The Labute approximate surface area is 111 Å². The molecule has 0 fully saturated rings. The zero-order chi connectivity index (χ0) is 11.8. The topological polar surface area (TPSA) is 21.3 Å². The second-order valence-corrected chi connectivity index (χ2v) is 6.31. The number of thiocarbonyl (C=S) groups is 1. The summed E-state index contributed by atoms with van der Waals surface area (Å²) in [4.78, 5) is 0. The highest BCUT2D eigenvalue weighted by Crippen LogP contribution is 2.15. The molecular formula is C11H15NOS3. The van der Waals surface area contributed by atoms with Crippen molar-refractivity contribution in [3.63, 3.8) is 0 Å². The predicted octanol–water partition coefficient (Wildman–Crippen LogP) is 3.47. The number of hydrogen-bond donors (Lipinski definition) is 1. The minimum Gasteiger partial charge on any atom is -0.497 e. The van der Waals surface area contributed by atoms with Gasteiger partial charge in [0.05, 0.1) is 7.11 Å². The predicted molar refractivity (Wildman–Crippen MR) is 78.2 cm³/mol. The van der Waals surface area contributed by atoms with Crippen LogP contribution in [0.3, 0.4) is 0 Å². The van der Waals surface area contributed by atoms with E-state index in [1.54, 1.807) is 18.9 Å². The third-order valence-electron chi connectivity index (χ3n) is 1.85. The van der Waals surface area contributed by atoms with E-state index in [-0.39, 0.29) is 0 Å². The lowest BCUT2D eigenvalue weighted by Crippen LogP contribution is -2.05. The smallest absolute Gasteiger partial charge is 0.119 e. The van der Waals surface area contributed by atoms with E-state index in [0.717, 1.165) is 21.6 Å². The van der Waals surface area contributed by atoms with Gasteiger partial charge in [-0.3, -0.25) is 4.72 Å². The minimum absolute atomic E-state index is 0.805. The first-order valence-electron chi connectivity index (χ1n) is 4.95. The molecule has 2 nitrogen and oxygen atoms in total. The average Bonchev–Trinajstić information content (AvgIpc) is 2.30. The maximum absolute atomic E-state index is 5.15. The van der Waals surface area contributed by atoms with E-state index >= 15 is 0 Å². The van der Waals surface area contributed by atoms with Gasteiger partial charge in [0.1, 0.15) is 9.28 Å². The van der Waals surface area contributed by atoms with Crippen molar-refractivity contribution < 1.29 is 4.74 Å². The quantitative estimate of drug-likeness (QED) is 0.653. The molecular weight excluding hydrogens is 258 g/mol. The molecule has 1 aromatic rings. The van der Waals surface area contributed by atoms with Crippen LogP contribution in [0.25, 0.3) is 0 Å². The number of hydrogen-bond acceptors (Lipinski definition) is 5. The third-order valence-corrected chi connectivity index (χ3v) is 4.04. The molecule has 0 aliphatic carbocycles. The molecule has 0 saturated heterocycles. The second-order valence-electron chi connectivity index (χ2n) is 2.95. The van der Waals surface area contributed by atoms with E-state index in [1.807, 2.05) is 24.3 Å². The molecule has 1 N–H and O–H groups in total. The number of nitrogens with one attached hydrogen (secondary N) is 1. The average molecular weight is 273 g/mol. The Hall–Kier alpha value is -0.230. The molecule has 88 valence electrons. The van der Waals surface area contributed by atoms with E-state index in [2.05, 4.69) is 11.6 Å². The second kappa shape index (κ2) is 7.95. The van der Waals surface area contributed by atoms with Crippen LogP contribution in [0.5, 0.6) is 5.75 Å². The summed E-state index contributed by atoms with van der Waals surface area (Å²) in [6.45, 7) is 2.90. The van der Waals surface area contributed by atoms with Gasteiger partial charge in [0.25, 0.3) is 0 Å². The fraction of sp³-hybridized carbons (Fsp3) is 0.364. The monoisotopic (exact) mass is 273 g/mol. The summed E-state index contributed by atoms with van der Waals surface area (Å²) in [6, 6.07) is 8.01. The summed E-state index contributed by atoms with van der Waals surface area (Å²) in [7, 11) is 1.67. The van der Waals surface area contributed by atoms with Crippen LogP contribution >= 0.6 is 35.9 Å². The van der Waals surface area contributed by atoms with E-state index in [1.165, 1.54) is 17.5 Å². The minimum atomic E-state index is 0.805. The van der Waals surface area contributed by atoms with Crippen LogP contribution in [0, 0.1) is 0 Å². The number of ether oxygens (including phenoxy) is 1. The highest BCUT2D eigenvalue weighted by atomic mass is 32.2. The van der Waals surface area contributed by atoms with Crippen LogP contribution in [0.15, 0.2) is 24.3 Å². The molecule has 0 spiro atoms. The van der Waals surface area contributed by atoms with Crippen molar-refractivity contribution in [1.29, 1.82) is 0 Å². The fourth-order valence-corrected chi connectivity index (χ4v) is 2.96. The molecule has 0 aromatic heterocycles. The number of thioether (sulfide) groups is 1. The lowest BCUT2D eigenvalue weighted by Gasteiger charge is -2.05. The molecule has 0 aliphatic rings. The molecule has 1 rings (SSSR count). The first-order valence-corrected chi connectivity index (χ1v) is 7.16. The summed E-state index contributed by atoms with van der Waals surface area (Å²) in [5, 5.41) is 0. The van der Waals surface area contributed by atoms with Crippen LogP contribution in [0.4, 0.5) is 0 Å². The maximum Gasteiger partial charge on any atom is 0.119 e. The zero-order valence-corrected chi connectivity index (χ0v) is 11.8. The Bertz CT molecular complexity index is 327. The van der Waals surface area contributed by atoms with Gasteiger partial charge < -0.3 is 4.74 Å². The molecule has 0 saturated carbocycles. The summed E-state index contributed by atoms with van der Waals surface area (Å²) in [6.07, 6.45) is 0. The molecule has 0 radical (unpaired) electrons. The van der Waals surface area contributed by atoms with Crippen LogP contribution in [0.2, 0.25) is 0 Å². The first kappa shape index (κ1) is 13.8. The van der Waals surface area contributed by atoms with Crippen molar-refractivity contribution in [2.45, 2.75) is 13.5 Å². The van der Waals surface area contributed by atoms with Gasteiger partial charge in [0, 0.05) is 6.54 Å². The number of benzene rings is 1. The Kier molecular flexibility index (Phi) is 6.87. The SMILES string of the molecule is CCSC(=S)SNCc1ccc(OC)cc1. The molecule has 0 unspecified atom stereocenters. The normalized spacial score (nSPS) is 10.1. The van der Waals surface area contributed by atoms with Gasteiger partial charge in [-0.25, -0.2) is 0 Å². The third kappa shape index (κ3) is 5.21. The van der Waals surface area contributed by atoms with Gasteiger partial charge in [-0.05, 0) is 35.4 Å². The lowest BCUT2D eigenvalue weighted by molar-refractivity contribution is 0.414. The van der Waals surface area contributed by atoms with Crippen LogP contribution < -0.4 is 9.46 Å². The van der Waals surface area contributed by atoms with Gasteiger partial charge >= 0.3 is 0 Å². The molecule has 0 atom stereocenters. The fourth-order valence-electron chi connectivity index (χ4n) is 1.07. The lowest BCUT2D eigenvalue weighted by atomic mass is 10.2. The summed E-state index contributed by atoms with van der Waals surface area (Å²) < 4.78 is 9.27. The highest BCUT2D eigenvalue weighted by Gasteiger charge is 1.98. The van der Waals surface area contributed by atoms with Crippen molar-refractivity contribution >= 4 is 39.5 Å². The molecule has 1 aromatic carbocycles. The Morgan fingerprint density at radius 2 is 2.06 bits per heavy atom. The van der Waals surface area contributed by atoms with Gasteiger partial charge in [-0.1, -0.05) is 31.3 Å². The van der Waals surface area contributed by atoms with E-state index < -0.39 is 0 Å². The Morgan fingerprint density at radius 1 is 1.38 bits per heavy atom. The Morgan fingerprint density at radius 3 is 2.62 bits per heavy atom. The van der Waals surface area contributed by atoms with Gasteiger partial charge in [-0.2, -0.15) is 0 Å². The van der Waals surface area contributed by atoms with E-state index in [0.29, 0.717) is 0 Å². The van der Waals surface area contributed by atoms with E-state index in [9.17, 15) is 0 Å². The van der Waals surface area contributed by atoms with Crippen molar-refractivity contribution in [2.24, 2.45) is 0 Å². The highest BCUT2D eigenvalue weighted by molar-refractivity contribution is 8.46. The maximum atomic E-state index is 5.15. The van der Waals surface area contributed by atoms with Gasteiger partial charge in [0.15, 0.2) is 0 Å². The molecule has 0 aliphatic heterocycles. The van der Waals surface area contributed by atoms with E-state index in [4.69, 9.17) is 17.0 Å². The largest absolute Gasteiger partial charge is 0.497 e. The van der Waals surface area contributed by atoms with Gasteiger partial charge in [-0.15, -0.1) is 11.8 Å². The van der Waals surface area contributed by atoms with Crippen molar-refractivity contribution in [3.05, 3.63) is 29.8 Å². The van der Waals surface area contributed by atoms with Gasteiger partial charge in [0.2, 0.25) is 0 Å². The van der Waals surface area contributed by atoms with Crippen LogP contribution in [0.1, 0.15) is 12.5 Å². The summed E-state index contributed by atoms with van der Waals surface area (Å²) >= 11 is 8.35. The van der Waals surface area contributed by atoms with Crippen molar-refractivity contribution in [3.8, 4) is 5.75 Å². The standard InChI is InChI=1S/C11H15NOS3/c1-3-15-11(14)16-12-8-9-4-6-10(13-2)7-5-9/h4-7,12H,3,8H2,1-2H3. The number of methoxy groups -OCH3 is 1. The summed E-state index contributed by atoms with van der Waals surface area (Å²) in [5.74, 6) is 1.91. The van der Waals surface area contributed by atoms with Crippen molar-refractivity contribution in [2.75, 3.05) is 12.9 Å². The molecule has 0 heterocycles. The molecule has 16 heavy (non-hydrogen) atoms. The van der Waals surface area contributed by atoms with Crippen LogP contribution in [-0.4, -0.2) is 16.4 Å². The summed E-state index contributed by atoms with van der Waals surface area (Å²) in [5.41, 5.74) is 1.22. The first-order chi connectivity index (χ1) is 7.76. The number of rotatable bonds is 5. The van der Waals surface area contributed by atoms with Crippen molar-refractivity contribution in [1.82, 2.24) is 4.72 Å². The Balaban J connectivity index is 2.29. The molecule has 5 heteroatoms.